The van der Waals surface area contributed by atoms with Crippen LogP contribution in [0.1, 0.15) is 11.1 Å². The lowest BCUT2D eigenvalue weighted by atomic mass is 9.93. The molecule has 21 heavy (non-hydrogen) atoms. The van der Waals surface area contributed by atoms with E-state index in [9.17, 15) is 4.39 Å². The van der Waals surface area contributed by atoms with Gasteiger partial charge in [0.25, 0.3) is 0 Å². The highest BCUT2D eigenvalue weighted by molar-refractivity contribution is 9.09. The Kier molecular flexibility index (Phi) is 6.07. The van der Waals surface area contributed by atoms with Gasteiger partial charge >= 0.3 is 0 Å². The summed E-state index contributed by atoms with van der Waals surface area (Å²) in [6, 6.07) is 12.7. The van der Waals surface area contributed by atoms with Gasteiger partial charge in [-0.05, 0) is 42.5 Å². The van der Waals surface area contributed by atoms with Crippen LogP contribution in [0.15, 0.2) is 42.5 Å². The molecule has 0 aliphatic heterocycles. The molecular weight excluding hydrogens is 355 g/mol. The van der Waals surface area contributed by atoms with Crippen molar-refractivity contribution in [3.63, 3.8) is 0 Å². The van der Waals surface area contributed by atoms with Crippen molar-refractivity contribution >= 4 is 27.5 Å². The van der Waals surface area contributed by atoms with Crippen LogP contribution in [0.25, 0.3) is 0 Å². The number of ether oxygens (including phenoxy) is 1. The Morgan fingerprint density at radius 3 is 2.57 bits per heavy atom. The van der Waals surface area contributed by atoms with Gasteiger partial charge in [-0.1, -0.05) is 51.8 Å². The maximum Gasteiger partial charge on any atom is 0.127 e. The molecule has 0 saturated carbocycles. The van der Waals surface area contributed by atoms with Gasteiger partial charge in [0.05, 0.1) is 7.11 Å². The molecule has 0 aliphatic carbocycles. The molecule has 0 aromatic heterocycles. The van der Waals surface area contributed by atoms with E-state index in [1.807, 2.05) is 24.3 Å². The van der Waals surface area contributed by atoms with E-state index in [1.54, 1.807) is 19.2 Å². The van der Waals surface area contributed by atoms with E-state index >= 15 is 0 Å². The van der Waals surface area contributed by atoms with E-state index in [-0.39, 0.29) is 11.7 Å². The minimum Gasteiger partial charge on any atom is -0.496 e. The fraction of sp³-hybridized carbons (Fsp3) is 0.294. The second-order valence-electron chi connectivity index (χ2n) is 4.94. The summed E-state index contributed by atoms with van der Waals surface area (Å²) in [6.07, 6.45) is 1.40. The highest BCUT2D eigenvalue weighted by Gasteiger charge is 2.16. The molecule has 0 amide bonds. The number of hydrogen-bond acceptors (Lipinski definition) is 1. The molecule has 1 unspecified atom stereocenters. The molecule has 1 nitrogen and oxygen atoms in total. The second kappa shape index (κ2) is 7.81. The fourth-order valence-electron chi connectivity index (χ4n) is 2.38. The van der Waals surface area contributed by atoms with Gasteiger partial charge in [0.1, 0.15) is 11.6 Å². The first-order valence-electron chi connectivity index (χ1n) is 6.76. The first-order chi connectivity index (χ1) is 10.2. The molecule has 4 heteroatoms. The summed E-state index contributed by atoms with van der Waals surface area (Å²) in [5, 5.41) is 1.26. The lowest BCUT2D eigenvalue weighted by molar-refractivity contribution is 0.405. The van der Waals surface area contributed by atoms with Crippen LogP contribution in [0, 0.1) is 11.7 Å². The van der Waals surface area contributed by atoms with E-state index < -0.39 is 0 Å². The maximum absolute atomic E-state index is 13.9. The lowest BCUT2D eigenvalue weighted by Gasteiger charge is -2.17. The van der Waals surface area contributed by atoms with Gasteiger partial charge in [-0.25, -0.2) is 4.39 Å². The van der Waals surface area contributed by atoms with Crippen LogP contribution < -0.4 is 4.74 Å². The third-order valence-corrected chi connectivity index (χ3v) is 4.74. The molecule has 2 aromatic rings. The Labute approximate surface area is 138 Å². The lowest BCUT2D eigenvalue weighted by Crippen LogP contribution is -2.12. The Balaban J connectivity index is 2.17. The van der Waals surface area contributed by atoms with Crippen LogP contribution >= 0.6 is 27.5 Å². The van der Waals surface area contributed by atoms with Crippen molar-refractivity contribution in [3.05, 3.63) is 64.4 Å². The molecule has 0 aliphatic rings. The van der Waals surface area contributed by atoms with E-state index in [1.165, 1.54) is 6.07 Å². The smallest absolute Gasteiger partial charge is 0.127 e. The van der Waals surface area contributed by atoms with Gasteiger partial charge in [-0.15, -0.1) is 0 Å². The van der Waals surface area contributed by atoms with Crippen molar-refractivity contribution in [1.82, 2.24) is 0 Å². The molecule has 0 radical (unpaired) electrons. The Morgan fingerprint density at radius 2 is 1.90 bits per heavy atom. The van der Waals surface area contributed by atoms with Gasteiger partial charge in [-0.3, -0.25) is 0 Å². The average molecular weight is 372 g/mol. The number of para-hydroxylation sites is 1. The Bertz CT molecular complexity index is 583. The minimum atomic E-state index is -0.242. The van der Waals surface area contributed by atoms with Crippen LogP contribution in [-0.4, -0.2) is 12.4 Å². The molecule has 0 spiro atoms. The van der Waals surface area contributed by atoms with Crippen molar-refractivity contribution in [1.29, 1.82) is 0 Å². The number of methoxy groups -OCH3 is 1. The normalized spacial score (nSPS) is 12.2. The van der Waals surface area contributed by atoms with Crippen molar-refractivity contribution in [3.8, 4) is 5.75 Å². The number of rotatable bonds is 6. The summed E-state index contributed by atoms with van der Waals surface area (Å²) in [5.41, 5.74) is 1.70. The number of halogens is 3. The quantitative estimate of drug-likeness (QED) is 0.627. The van der Waals surface area contributed by atoms with Crippen LogP contribution in [0.3, 0.4) is 0 Å². The number of benzene rings is 2. The van der Waals surface area contributed by atoms with E-state index in [0.29, 0.717) is 17.0 Å². The van der Waals surface area contributed by atoms with Crippen molar-refractivity contribution in [2.24, 2.45) is 5.92 Å². The summed E-state index contributed by atoms with van der Waals surface area (Å²) in [7, 11) is 1.66. The average Bonchev–Trinajstić information content (AvgIpc) is 2.50. The SMILES string of the molecule is COc1ccccc1CC(CBr)Cc1c(F)cccc1Cl. The summed E-state index contributed by atoms with van der Waals surface area (Å²) in [5.74, 6) is 0.868. The summed E-state index contributed by atoms with van der Waals surface area (Å²) < 4.78 is 19.3. The standard InChI is InChI=1S/C17H17BrClFO/c1-21-17-8-3-2-5-13(17)9-12(11-18)10-14-15(19)6-4-7-16(14)20/h2-8,12H,9-11H2,1H3. The first kappa shape index (κ1) is 16.3. The first-order valence-corrected chi connectivity index (χ1v) is 8.26. The highest BCUT2D eigenvalue weighted by atomic mass is 79.9. The van der Waals surface area contributed by atoms with Gasteiger partial charge < -0.3 is 4.74 Å². The maximum atomic E-state index is 13.9. The topological polar surface area (TPSA) is 9.23 Å². The summed E-state index contributed by atoms with van der Waals surface area (Å²) >= 11 is 9.63. The molecule has 2 aromatic carbocycles. The zero-order valence-electron chi connectivity index (χ0n) is 11.8. The van der Waals surface area contributed by atoms with E-state index in [0.717, 1.165) is 23.1 Å². The monoisotopic (exact) mass is 370 g/mol. The van der Waals surface area contributed by atoms with Crippen LogP contribution in [-0.2, 0) is 12.8 Å². The predicted molar refractivity (Wildman–Crippen MR) is 89.1 cm³/mol. The van der Waals surface area contributed by atoms with Gasteiger partial charge in [-0.2, -0.15) is 0 Å². The van der Waals surface area contributed by atoms with E-state index in [2.05, 4.69) is 15.9 Å². The van der Waals surface area contributed by atoms with Crippen molar-refractivity contribution < 1.29 is 9.13 Å². The van der Waals surface area contributed by atoms with Crippen molar-refractivity contribution in [2.45, 2.75) is 12.8 Å². The molecule has 1 atom stereocenters. The van der Waals surface area contributed by atoms with Crippen LogP contribution in [0.5, 0.6) is 5.75 Å². The third-order valence-electron chi connectivity index (χ3n) is 3.47. The third kappa shape index (κ3) is 4.21. The van der Waals surface area contributed by atoms with Gasteiger partial charge in [0, 0.05) is 15.9 Å². The Morgan fingerprint density at radius 1 is 1.14 bits per heavy atom. The highest BCUT2D eigenvalue weighted by Crippen LogP contribution is 2.27. The minimum absolute atomic E-state index is 0.242. The number of alkyl halides is 1. The molecule has 0 saturated heterocycles. The van der Waals surface area contributed by atoms with Crippen LogP contribution in [0.4, 0.5) is 4.39 Å². The molecule has 0 heterocycles. The fourth-order valence-corrected chi connectivity index (χ4v) is 3.08. The van der Waals surface area contributed by atoms with Crippen molar-refractivity contribution in [2.75, 3.05) is 12.4 Å². The predicted octanol–water partition coefficient (Wildman–Crippen LogP) is 5.28. The summed E-state index contributed by atoms with van der Waals surface area (Å²) in [4.78, 5) is 0. The molecule has 0 fully saturated rings. The molecular formula is C17H17BrClFO. The summed E-state index contributed by atoms with van der Waals surface area (Å²) in [6.45, 7) is 0. The van der Waals surface area contributed by atoms with E-state index in [4.69, 9.17) is 16.3 Å². The molecule has 0 N–H and O–H groups in total. The molecule has 2 rings (SSSR count). The zero-order chi connectivity index (χ0) is 15.2. The zero-order valence-corrected chi connectivity index (χ0v) is 14.1. The Hall–Kier alpha value is -1.06. The van der Waals surface area contributed by atoms with Gasteiger partial charge in [0.2, 0.25) is 0 Å². The van der Waals surface area contributed by atoms with Crippen LogP contribution in [0.2, 0.25) is 5.02 Å². The van der Waals surface area contributed by atoms with Gasteiger partial charge in [0.15, 0.2) is 0 Å². The molecule has 0 bridgehead atoms. The molecule has 112 valence electrons. The number of hydrogen-bond donors (Lipinski definition) is 0. The largest absolute Gasteiger partial charge is 0.496 e. The second-order valence-corrected chi connectivity index (χ2v) is 6.00.